The number of rotatable bonds is 6. The van der Waals surface area contributed by atoms with Gasteiger partial charge in [-0.15, -0.1) is 23.1 Å². The second kappa shape index (κ2) is 8.68. The lowest BCUT2D eigenvalue weighted by molar-refractivity contribution is 0.863. The van der Waals surface area contributed by atoms with Crippen LogP contribution in [0.4, 0.5) is 0 Å². The minimum Gasteiger partial charge on any atom is -0.331 e. The normalized spacial score (nSPS) is 14.5. The first-order valence-corrected chi connectivity index (χ1v) is 12.2. The van der Waals surface area contributed by atoms with Crippen molar-refractivity contribution in [3.63, 3.8) is 0 Å². The van der Waals surface area contributed by atoms with Gasteiger partial charge >= 0.3 is 0 Å². The Hall–Kier alpha value is -1.82. The van der Waals surface area contributed by atoms with Gasteiger partial charge in [-0.3, -0.25) is 0 Å². The zero-order valence-corrected chi connectivity index (χ0v) is 18.3. The van der Waals surface area contributed by atoms with Crippen LogP contribution in [0.5, 0.6) is 0 Å². The Kier molecular flexibility index (Phi) is 6.04. The lowest BCUT2D eigenvalue weighted by atomic mass is 10.1. The van der Waals surface area contributed by atoms with Gasteiger partial charge in [0.15, 0.2) is 0 Å². The molecule has 1 aliphatic carbocycles. The molecule has 0 N–H and O–H groups in total. The molecule has 1 aliphatic rings. The third-order valence-electron chi connectivity index (χ3n) is 5.05. The number of aryl methyl sites for hydroxylation is 1. The summed E-state index contributed by atoms with van der Waals surface area (Å²) in [4.78, 5) is 13.7. The van der Waals surface area contributed by atoms with E-state index in [0.717, 1.165) is 43.1 Å². The summed E-state index contributed by atoms with van der Waals surface area (Å²) in [7, 11) is 1.98. The van der Waals surface area contributed by atoms with Crippen LogP contribution >= 0.6 is 34.9 Å². The molecular weight excluding hydrogens is 406 g/mol. The molecule has 0 unspecified atom stereocenters. The number of pyridine rings is 1. The summed E-state index contributed by atoms with van der Waals surface area (Å²) in [5.74, 6) is 0.914. The van der Waals surface area contributed by atoms with Crippen molar-refractivity contribution in [2.75, 3.05) is 5.08 Å². The zero-order valence-electron chi connectivity index (χ0n) is 15.9. The molecule has 0 spiro atoms. The fourth-order valence-electron chi connectivity index (χ4n) is 3.39. The molecule has 5 nitrogen and oxygen atoms in total. The van der Waals surface area contributed by atoms with E-state index in [1.807, 2.05) is 47.9 Å². The molecule has 28 heavy (non-hydrogen) atoms. The van der Waals surface area contributed by atoms with Gasteiger partial charge in [0, 0.05) is 34.5 Å². The van der Waals surface area contributed by atoms with E-state index in [1.54, 1.807) is 29.3 Å². The van der Waals surface area contributed by atoms with E-state index < -0.39 is 0 Å². The van der Waals surface area contributed by atoms with Crippen molar-refractivity contribution in [1.29, 1.82) is 5.26 Å². The van der Waals surface area contributed by atoms with Crippen molar-refractivity contribution in [1.82, 2.24) is 19.5 Å². The molecule has 0 aliphatic heterocycles. The Bertz CT molecular complexity index is 998. The zero-order chi connectivity index (χ0) is 19.5. The van der Waals surface area contributed by atoms with Crippen LogP contribution in [0.3, 0.4) is 0 Å². The number of imidazole rings is 1. The van der Waals surface area contributed by atoms with Crippen LogP contribution in [0.2, 0.25) is 0 Å². The van der Waals surface area contributed by atoms with Gasteiger partial charge in [-0.05, 0) is 25.8 Å². The maximum atomic E-state index is 9.94. The van der Waals surface area contributed by atoms with Gasteiger partial charge in [-0.2, -0.15) is 5.26 Å². The van der Waals surface area contributed by atoms with Crippen molar-refractivity contribution in [3.8, 4) is 28.0 Å². The number of aromatic nitrogens is 4. The molecule has 8 heteroatoms. The summed E-state index contributed by atoms with van der Waals surface area (Å²) in [5.41, 5.74) is 3.25. The molecule has 0 saturated heterocycles. The quantitative estimate of drug-likeness (QED) is 0.382. The van der Waals surface area contributed by atoms with E-state index in [9.17, 15) is 5.26 Å². The van der Waals surface area contributed by atoms with Gasteiger partial charge in [0.05, 0.1) is 17.5 Å². The van der Waals surface area contributed by atoms with E-state index in [-0.39, 0.29) is 0 Å². The molecule has 0 aromatic carbocycles. The predicted octanol–water partition coefficient (Wildman–Crippen LogP) is 5.51. The molecule has 4 rings (SSSR count). The first kappa shape index (κ1) is 19.5. The maximum Gasteiger partial charge on any atom is 0.141 e. The van der Waals surface area contributed by atoms with Crippen LogP contribution in [-0.2, 0) is 7.05 Å². The fourth-order valence-corrected chi connectivity index (χ4v) is 6.60. The molecule has 0 radical (unpaired) electrons. The molecule has 1 fully saturated rings. The largest absolute Gasteiger partial charge is 0.331 e. The second-order valence-electron chi connectivity index (χ2n) is 6.77. The minimum atomic E-state index is 0.625. The maximum absolute atomic E-state index is 9.94. The van der Waals surface area contributed by atoms with Crippen molar-refractivity contribution >= 4 is 34.9 Å². The highest BCUT2D eigenvalue weighted by Crippen LogP contribution is 2.38. The summed E-state index contributed by atoms with van der Waals surface area (Å²) in [6.45, 7) is 1.96. The van der Waals surface area contributed by atoms with Crippen LogP contribution in [-0.4, -0.2) is 29.9 Å². The molecular formula is C20H21N5S3. The van der Waals surface area contributed by atoms with Gasteiger partial charge in [0.25, 0.3) is 0 Å². The molecule has 144 valence electrons. The number of thiazole rings is 1. The predicted molar refractivity (Wildman–Crippen MR) is 118 cm³/mol. The lowest BCUT2D eigenvalue weighted by Gasteiger charge is -2.13. The van der Waals surface area contributed by atoms with Gasteiger partial charge in [0.2, 0.25) is 0 Å². The van der Waals surface area contributed by atoms with Crippen LogP contribution in [0.1, 0.15) is 37.1 Å². The Balaban J connectivity index is 1.72. The second-order valence-corrected chi connectivity index (χ2v) is 10.3. The number of nitrogens with zero attached hydrogens (tertiary/aromatic N) is 5. The van der Waals surface area contributed by atoms with Crippen LogP contribution in [0.25, 0.3) is 22.0 Å². The summed E-state index contributed by atoms with van der Waals surface area (Å²) >= 11 is 5.22. The Morgan fingerprint density at radius 3 is 2.79 bits per heavy atom. The van der Waals surface area contributed by atoms with Gasteiger partial charge in [0.1, 0.15) is 27.6 Å². The summed E-state index contributed by atoms with van der Waals surface area (Å²) in [5, 5.41) is 15.2. The molecule has 1 saturated carbocycles. The van der Waals surface area contributed by atoms with Crippen molar-refractivity contribution in [3.05, 3.63) is 35.2 Å². The Labute approximate surface area is 177 Å². The Morgan fingerprint density at radius 2 is 2.14 bits per heavy atom. The number of hydrogen-bond donors (Lipinski definition) is 0. The van der Waals surface area contributed by atoms with E-state index in [0.29, 0.717) is 5.56 Å². The fraction of sp³-hybridized carbons (Fsp3) is 0.400. The number of hydrogen-bond acceptors (Lipinski definition) is 7. The van der Waals surface area contributed by atoms with Gasteiger partial charge in [-0.1, -0.05) is 24.6 Å². The highest BCUT2D eigenvalue weighted by molar-refractivity contribution is 8.16. The van der Waals surface area contributed by atoms with Crippen molar-refractivity contribution in [2.24, 2.45) is 7.05 Å². The SMILES string of the molecule is Cc1ncc(-c2cc(-c3nccs3)nc(SCSC3CCCC3)c2C#N)n1C. The first-order chi connectivity index (χ1) is 13.7. The van der Waals surface area contributed by atoms with Crippen LogP contribution in [0.15, 0.2) is 28.9 Å². The van der Waals surface area contributed by atoms with Crippen LogP contribution in [0, 0.1) is 18.3 Å². The average molecular weight is 428 g/mol. The highest BCUT2D eigenvalue weighted by atomic mass is 32.2. The monoisotopic (exact) mass is 427 g/mol. The van der Waals surface area contributed by atoms with Crippen molar-refractivity contribution < 1.29 is 0 Å². The standard InChI is InChI=1S/C20H21N5S3/c1-13-23-11-18(25(13)2)15-9-17(20-22-7-8-26-20)24-19(16(15)10-21)28-12-27-14-5-3-4-6-14/h7-9,11,14H,3-6,12H2,1-2H3. The lowest BCUT2D eigenvalue weighted by Crippen LogP contribution is -2.00. The molecule has 3 heterocycles. The van der Waals surface area contributed by atoms with E-state index in [4.69, 9.17) is 4.98 Å². The smallest absolute Gasteiger partial charge is 0.141 e. The minimum absolute atomic E-state index is 0.625. The van der Waals surface area contributed by atoms with Gasteiger partial charge in [-0.25, -0.2) is 15.0 Å². The topological polar surface area (TPSA) is 67.4 Å². The third kappa shape index (κ3) is 3.97. The van der Waals surface area contributed by atoms with Crippen LogP contribution < -0.4 is 0 Å². The molecule has 0 amide bonds. The number of thioether (sulfide) groups is 2. The van der Waals surface area contributed by atoms with E-state index in [1.165, 1.54) is 25.7 Å². The van der Waals surface area contributed by atoms with E-state index >= 15 is 0 Å². The summed E-state index contributed by atoms with van der Waals surface area (Å²) in [6, 6.07) is 4.37. The molecule has 3 aromatic heterocycles. The van der Waals surface area contributed by atoms with Gasteiger partial charge < -0.3 is 4.57 Å². The van der Waals surface area contributed by atoms with Crippen molar-refractivity contribution in [2.45, 2.75) is 42.9 Å². The summed E-state index contributed by atoms with van der Waals surface area (Å²) in [6.07, 6.45) is 8.92. The Morgan fingerprint density at radius 1 is 1.32 bits per heavy atom. The molecule has 0 bridgehead atoms. The molecule has 0 atom stereocenters. The molecule has 3 aromatic rings. The highest BCUT2D eigenvalue weighted by Gasteiger charge is 2.20. The van der Waals surface area contributed by atoms with E-state index in [2.05, 4.69) is 16.0 Å². The average Bonchev–Trinajstić information content (AvgIpc) is 3.46. The third-order valence-corrected chi connectivity index (χ3v) is 8.37. The first-order valence-electron chi connectivity index (χ1n) is 9.25. The summed E-state index contributed by atoms with van der Waals surface area (Å²) < 4.78 is 2.02. The number of nitriles is 1.